The van der Waals surface area contributed by atoms with E-state index in [-0.39, 0.29) is 17.5 Å². The minimum atomic E-state index is -5.07. The van der Waals surface area contributed by atoms with Gasteiger partial charge in [0.2, 0.25) is 0 Å². The summed E-state index contributed by atoms with van der Waals surface area (Å²) in [4.78, 5) is 25.0. The van der Waals surface area contributed by atoms with Crippen molar-refractivity contribution < 1.29 is 50.2 Å². The van der Waals surface area contributed by atoms with Crippen LogP contribution >= 0.6 is 0 Å². The number of ether oxygens (including phenoxy) is 1. The van der Waals surface area contributed by atoms with Gasteiger partial charge in [-0.25, -0.2) is 22.4 Å². The van der Waals surface area contributed by atoms with Crippen molar-refractivity contribution in [1.82, 2.24) is 0 Å². The van der Waals surface area contributed by atoms with Crippen LogP contribution in [0.15, 0.2) is 42.5 Å². The van der Waals surface area contributed by atoms with E-state index in [0.29, 0.717) is 17.0 Å². The first-order valence-electron chi connectivity index (χ1n) is 10.1. The minimum absolute atomic E-state index is 0.172. The van der Waals surface area contributed by atoms with Gasteiger partial charge in [-0.3, -0.25) is 4.79 Å². The molecule has 5 nitrogen and oxygen atoms in total. The maximum atomic E-state index is 14.8. The number of anilines is 1. The summed E-state index contributed by atoms with van der Waals surface area (Å²) in [6.07, 6.45) is -7.51. The van der Waals surface area contributed by atoms with Crippen LogP contribution in [0.5, 0.6) is 5.75 Å². The van der Waals surface area contributed by atoms with Gasteiger partial charge in [-0.2, -0.15) is 13.2 Å². The Morgan fingerprint density at radius 1 is 1.20 bits per heavy atom. The lowest BCUT2D eigenvalue weighted by Gasteiger charge is -2.24. The number of benzene rings is 2. The van der Waals surface area contributed by atoms with Gasteiger partial charge in [0, 0.05) is 30.2 Å². The molecule has 0 radical (unpaired) electrons. The molecule has 12 heteroatoms. The second-order valence-corrected chi connectivity index (χ2v) is 7.77. The maximum absolute atomic E-state index is 14.8. The van der Waals surface area contributed by atoms with Crippen molar-refractivity contribution in [3.63, 3.8) is 0 Å². The van der Waals surface area contributed by atoms with Gasteiger partial charge in [0.1, 0.15) is 24.3 Å². The molecule has 1 atom stereocenters. The third kappa shape index (κ3) is 5.75. The average Bonchev–Trinajstić information content (AvgIpc) is 2.85. The summed E-state index contributed by atoms with van der Waals surface area (Å²) in [5.74, 6) is -8.31. The monoisotopic (exact) mass is 505 g/mol. The first-order valence-corrected chi connectivity index (χ1v) is 10.1. The first-order chi connectivity index (χ1) is 16.2. The molecule has 1 heterocycles. The Bertz CT molecular complexity index is 1170. The predicted octanol–water partition coefficient (Wildman–Crippen LogP) is 5.74. The van der Waals surface area contributed by atoms with Crippen LogP contribution in [0, 0.1) is 5.82 Å². The number of allylic oxidation sites excluding steroid dienone is 1. The van der Waals surface area contributed by atoms with Crippen LogP contribution in [0.1, 0.15) is 34.8 Å². The van der Waals surface area contributed by atoms with E-state index < -0.39 is 77.8 Å². The summed E-state index contributed by atoms with van der Waals surface area (Å²) in [6.45, 7) is -0.204. The quantitative estimate of drug-likeness (QED) is 0.416. The molecule has 1 N–H and O–H groups in total. The van der Waals surface area contributed by atoms with Crippen molar-refractivity contribution >= 4 is 23.1 Å². The van der Waals surface area contributed by atoms with E-state index in [4.69, 9.17) is 9.84 Å². The van der Waals surface area contributed by atoms with E-state index in [1.165, 1.54) is 0 Å². The van der Waals surface area contributed by atoms with E-state index in [0.717, 1.165) is 31.2 Å². The summed E-state index contributed by atoms with van der Waals surface area (Å²) < 4.78 is 103. The highest BCUT2D eigenvalue weighted by atomic mass is 19.4. The van der Waals surface area contributed by atoms with Crippen LogP contribution in [0.25, 0.3) is 5.57 Å². The average molecular weight is 505 g/mol. The van der Waals surface area contributed by atoms with Gasteiger partial charge in [0.25, 0.3) is 11.8 Å². The van der Waals surface area contributed by atoms with Crippen LogP contribution in [-0.4, -0.2) is 42.2 Å². The fraction of sp³-hybridized carbons (Fsp3) is 0.304. The largest absolute Gasteiger partial charge is 0.491 e. The summed E-state index contributed by atoms with van der Waals surface area (Å²) in [5, 5.41) is 9.02. The number of amides is 1. The third-order valence-corrected chi connectivity index (χ3v) is 5.10. The third-order valence-electron chi connectivity index (χ3n) is 5.10. The lowest BCUT2D eigenvalue weighted by molar-refractivity contribution is -0.138. The molecule has 1 aliphatic rings. The highest BCUT2D eigenvalue weighted by Crippen LogP contribution is 2.44. The number of carbonyl (C=O) groups excluding carboxylic acids is 1. The van der Waals surface area contributed by atoms with Crippen molar-refractivity contribution in [2.75, 3.05) is 18.1 Å². The number of alkyl halides is 6. The van der Waals surface area contributed by atoms with Gasteiger partial charge in [0.05, 0.1) is 16.8 Å². The molecule has 1 aliphatic heterocycles. The lowest BCUT2D eigenvalue weighted by atomic mass is 9.97. The summed E-state index contributed by atoms with van der Waals surface area (Å²) in [5.41, 5.74) is -4.49. The number of hydrogen-bond acceptors (Lipinski definition) is 3. The van der Waals surface area contributed by atoms with E-state index in [1.54, 1.807) is 0 Å². The van der Waals surface area contributed by atoms with Gasteiger partial charge in [-0.05, 0) is 43.3 Å². The summed E-state index contributed by atoms with van der Waals surface area (Å²) >= 11 is 0. The molecule has 1 amide bonds. The normalized spacial score (nSPS) is 17.5. The Morgan fingerprint density at radius 2 is 1.89 bits per heavy atom. The highest BCUT2D eigenvalue weighted by molar-refractivity contribution is 6.09. The number of carbonyl (C=O) groups is 2. The smallest absolute Gasteiger partial charge is 0.417 e. The standard InChI is InChI=1S/C23H18F7NO4/c1-12(24)11-35-14-3-4-15(18(9-14)23(28,29)30)21(34)31-7-6-22(26,27)17(10-20(32)33)16-8-13(25)2-5-19(16)31/h2-5,8-10,12H,6-7,11H2,1H3,(H,32,33)/b17-10-/t12-/m1/s1. The highest BCUT2D eigenvalue weighted by Gasteiger charge is 2.43. The van der Waals surface area contributed by atoms with Gasteiger partial charge in [-0.1, -0.05) is 0 Å². The predicted molar refractivity (Wildman–Crippen MR) is 111 cm³/mol. The molecule has 0 spiro atoms. The van der Waals surface area contributed by atoms with E-state index >= 15 is 0 Å². The molecule has 188 valence electrons. The molecule has 0 saturated heterocycles. The van der Waals surface area contributed by atoms with Gasteiger partial charge in [-0.15, -0.1) is 0 Å². The van der Waals surface area contributed by atoms with Crippen LogP contribution in [-0.2, 0) is 11.0 Å². The second kappa shape index (κ2) is 9.59. The van der Waals surface area contributed by atoms with Crippen LogP contribution in [0.2, 0.25) is 0 Å². The van der Waals surface area contributed by atoms with Gasteiger partial charge < -0.3 is 14.7 Å². The molecule has 0 bridgehead atoms. The van der Waals surface area contributed by atoms with Crippen molar-refractivity contribution in [1.29, 1.82) is 0 Å². The maximum Gasteiger partial charge on any atom is 0.417 e. The van der Waals surface area contributed by atoms with Crippen molar-refractivity contribution in [2.45, 2.75) is 31.6 Å². The fourth-order valence-corrected chi connectivity index (χ4v) is 3.57. The molecule has 0 unspecified atom stereocenters. The molecule has 35 heavy (non-hydrogen) atoms. The molecule has 0 aromatic heterocycles. The zero-order valence-corrected chi connectivity index (χ0v) is 18.0. The Morgan fingerprint density at radius 3 is 2.49 bits per heavy atom. The molecule has 0 aliphatic carbocycles. The number of aliphatic carboxylic acids is 1. The van der Waals surface area contributed by atoms with Crippen molar-refractivity contribution in [3.8, 4) is 5.75 Å². The van der Waals surface area contributed by atoms with E-state index in [2.05, 4.69) is 0 Å². The number of carboxylic acid groups (broad SMARTS) is 1. The molecular formula is C23H18F7NO4. The second-order valence-electron chi connectivity index (χ2n) is 7.77. The number of fused-ring (bicyclic) bond motifs is 1. The minimum Gasteiger partial charge on any atom is -0.491 e. The topological polar surface area (TPSA) is 66.8 Å². The molecule has 2 aromatic rings. The SMILES string of the molecule is C[C@@H](F)COc1ccc(C(=O)N2CCC(F)(F)/C(=C\C(=O)O)c3cc(F)ccc32)c(C(F)(F)F)c1. The van der Waals surface area contributed by atoms with Gasteiger partial charge in [0.15, 0.2) is 0 Å². The molecular weight excluding hydrogens is 487 g/mol. The van der Waals surface area contributed by atoms with Crippen LogP contribution < -0.4 is 9.64 Å². The Hall–Kier alpha value is -3.57. The number of hydrogen-bond donors (Lipinski definition) is 1. The number of rotatable bonds is 5. The van der Waals surface area contributed by atoms with Crippen molar-refractivity contribution in [3.05, 3.63) is 65.0 Å². The Balaban J connectivity index is 2.15. The molecule has 2 aromatic carbocycles. The molecule has 0 fully saturated rings. The van der Waals surface area contributed by atoms with E-state index in [9.17, 15) is 40.3 Å². The number of halogens is 7. The molecule has 0 saturated carbocycles. The van der Waals surface area contributed by atoms with Crippen LogP contribution in [0.3, 0.4) is 0 Å². The van der Waals surface area contributed by atoms with Crippen LogP contribution in [0.4, 0.5) is 36.4 Å². The zero-order valence-electron chi connectivity index (χ0n) is 18.0. The van der Waals surface area contributed by atoms with Crippen molar-refractivity contribution in [2.24, 2.45) is 0 Å². The van der Waals surface area contributed by atoms with E-state index in [1.807, 2.05) is 0 Å². The lowest BCUT2D eigenvalue weighted by Crippen LogP contribution is -2.34. The first kappa shape index (κ1) is 26.0. The summed E-state index contributed by atoms with van der Waals surface area (Å²) in [7, 11) is 0. The number of carboxylic acids is 1. The Kier molecular flexibility index (Phi) is 7.13. The number of nitrogens with zero attached hydrogens (tertiary/aromatic N) is 1. The zero-order chi connectivity index (χ0) is 26.1. The Labute approximate surface area is 194 Å². The molecule has 3 rings (SSSR count). The fourth-order valence-electron chi connectivity index (χ4n) is 3.57. The summed E-state index contributed by atoms with van der Waals surface area (Å²) in [6, 6.07) is 4.56. The van der Waals surface area contributed by atoms with Gasteiger partial charge >= 0.3 is 12.1 Å².